The number of anilines is 1. The average Bonchev–Trinajstić information content (AvgIpc) is 3.11. The summed E-state index contributed by atoms with van der Waals surface area (Å²) in [6.07, 6.45) is 1.32. The molecule has 0 bridgehead atoms. The van der Waals surface area contributed by atoms with Crippen LogP contribution in [-0.4, -0.2) is 34.4 Å². The van der Waals surface area contributed by atoms with Gasteiger partial charge in [-0.3, -0.25) is 25.0 Å². The normalized spacial score (nSPS) is 14.9. The molecule has 4 amide bonds. The van der Waals surface area contributed by atoms with Gasteiger partial charge >= 0.3 is 6.03 Å². The molecule has 0 saturated carbocycles. The first-order valence-corrected chi connectivity index (χ1v) is 11.2. The molecule has 36 heavy (non-hydrogen) atoms. The summed E-state index contributed by atoms with van der Waals surface area (Å²) in [5.41, 5.74) is 1.37. The van der Waals surface area contributed by atoms with E-state index in [1.165, 1.54) is 37.5 Å². The molecule has 1 aliphatic rings. The highest BCUT2D eigenvalue weighted by Crippen LogP contribution is 2.35. The Morgan fingerprint density at radius 2 is 1.78 bits per heavy atom. The smallest absolute Gasteiger partial charge is 0.336 e. The molecule has 0 aliphatic carbocycles. The van der Waals surface area contributed by atoms with Gasteiger partial charge in [-0.15, -0.1) is 0 Å². The van der Waals surface area contributed by atoms with Crippen molar-refractivity contribution in [2.45, 2.75) is 13.8 Å². The lowest BCUT2D eigenvalue weighted by atomic mass is 10.1. The Bertz CT molecular complexity index is 1490. The number of nitro groups is 1. The number of urea groups is 1. The monoisotopic (exact) mass is 528 g/mol. The highest BCUT2D eigenvalue weighted by Gasteiger charge is 2.38. The molecule has 0 spiro atoms. The number of aryl methyl sites for hydroxylation is 1. The zero-order valence-electron chi connectivity index (χ0n) is 19.2. The third-order valence-corrected chi connectivity index (χ3v) is 6.47. The molecule has 10 nitrogen and oxygen atoms in total. The zero-order chi connectivity index (χ0) is 26.3. The second-order valence-corrected chi connectivity index (χ2v) is 8.59. The minimum Gasteiger partial charge on any atom is -0.496 e. The number of rotatable bonds is 5. The number of halogens is 2. The van der Waals surface area contributed by atoms with E-state index in [9.17, 15) is 24.5 Å². The van der Waals surface area contributed by atoms with E-state index in [2.05, 4.69) is 5.32 Å². The van der Waals surface area contributed by atoms with E-state index in [0.717, 1.165) is 4.90 Å². The Morgan fingerprint density at radius 3 is 2.44 bits per heavy atom. The van der Waals surface area contributed by atoms with E-state index in [1.807, 2.05) is 0 Å². The Kier molecular flexibility index (Phi) is 6.57. The minimum atomic E-state index is -0.967. The first kappa shape index (κ1) is 25.0. The predicted molar refractivity (Wildman–Crippen MR) is 134 cm³/mol. The number of carbonyl (C=O) groups is 3. The maximum absolute atomic E-state index is 13.3. The lowest BCUT2D eigenvalue weighted by Gasteiger charge is -2.27. The molecule has 1 N–H and O–H groups in total. The second-order valence-electron chi connectivity index (χ2n) is 7.80. The van der Waals surface area contributed by atoms with Crippen molar-refractivity contribution in [1.82, 2.24) is 9.88 Å². The van der Waals surface area contributed by atoms with Crippen molar-refractivity contribution >= 4 is 58.5 Å². The zero-order valence-corrected chi connectivity index (χ0v) is 20.7. The second kappa shape index (κ2) is 9.48. The molecule has 0 atom stereocenters. The number of amides is 4. The Labute approximate surface area is 214 Å². The number of benzene rings is 2. The van der Waals surface area contributed by atoms with Crippen molar-refractivity contribution in [2.75, 3.05) is 12.0 Å². The summed E-state index contributed by atoms with van der Waals surface area (Å²) in [6.45, 7) is 3.42. The summed E-state index contributed by atoms with van der Waals surface area (Å²) < 4.78 is 6.73. The van der Waals surface area contributed by atoms with Crippen LogP contribution in [0.1, 0.15) is 17.0 Å². The number of nitro benzene ring substituents is 1. The van der Waals surface area contributed by atoms with E-state index in [1.54, 1.807) is 36.6 Å². The SMILES string of the molecule is COc1ccc(-n2c(C)cc(/C=C3\C(=O)NC(=O)N(c4cccc(Cl)c4Cl)C3=O)c2C)c([N+](=O)[O-])c1. The molecule has 3 aromatic rings. The van der Waals surface area contributed by atoms with Crippen LogP contribution in [0.4, 0.5) is 16.2 Å². The van der Waals surface area contributed by atoms with Crippen molar-refractivity contribution in [3.63, 3.8) is 0 Å². The van der Waals surface area contributed by atoms with Crippen LogP contribution in [0.15, 0.2) is 48.0 Å². The number of carbonyl (C=O) groups excluding carboxylic acids is 3. The molecule has 2 aromatic carbocycles. The molecular formula is C24H18Cl2N4O6. The lowest BCUT2D eigenvalue weighted by Crippen LogP contribution is -2.54. The molecule has 184 valence electrons. The fourth-order valence-corrected chi connectivity index (χ4v) is 4.35. The molecule has 12 heteroatoms. The Balaban J connectivity index is 1.82. The molecule has 0 radical (unpaired) electrons. The Morgan fingerprint density at radius 1 is 1.06 bits per heavy atom. The fraction of sp³-hybridized carbons (Fsp3) is 0.125. The van der Waals surface area contributed by atoms with Gasteiger partial charge in [0.25, 0.3) is 17.5 Å². The number of methoxy groups -OCH3 is 1. The van der Waals surface area contributed by atoms with Crippen molar-refractivity contribution in [3.05, 3.63) is 85.1 Å². The van der Waals surface area contributed by atoms with Crippen molar-refractivity contribution < 1.29 is 24.0 Å². The lowest BCUT2D eigenvalue weighted by molar-refractivity contribution is -0.384. The van der Waals surface area contributed by atoms with Gasteiger partial charge in [-0.25, -0.2) is 9.69 Å². The number of aromatic nitrogens is 1. The molecule has 1 fully saturated rings. The number of barbiturate groups is 1. The molecule has 1 saturated heterocycles. The van der Waals surface area contributed by atoms with Crippen molar-refractivity contribution in [3.8, 4) is 11.4 Å². The third-order valence-electron chi connectivity index (χ3n) is 5.66. The number of nitrogens with one attached hydrogen (secondary N) is 1. The summed E-state index contributed by atoms with van der Waals surface area (Å²) in [5.74, 6) is -1.46. The largest absolute Gasteiger partial charge is 0.496 e. The average molecular weight is 529 g/mol. The standard InChI is InChI=1S/C24H18Cl2N4O6/c1-12-9-14(13(2)28(12)18-8-7-15(36-3)11-20(18)30(34)35)10-16-22(31)27-24(33)29(23(16)32)19-6-4-5-17(25)21(19)26/h4-11H,1-3H3,(H,27,31,33)/b16-10+. The fourth-order valence-electron chi connectivity index (χ4n) is 3.97. The van der Waals surface area contributed by atoms with Gasteiger partial charge in [-0.1, -0.05) is 29.3 Å². The summed E-state index contributed by atoms with van der Waals surface area (Å²) in [6, 6.07) is 9.59. The summed E-state index contributed by atoms with van der Waals surface area (Å²) >= 11 is 12.2. The van der Waals surface area contributed by atoms with Crippen molar-refractivity contribution in [2.24, 2.45) is 0 Å². The van der Waals surface area contributed by atoms with E-state index >= 15 is 0 Å². The number of hydrogen-bond acceptors (Lipinski definition) is 6. The molecule has 4 rings (SSSR count). The topological polar surface area (TPSA) is 124 Å². The number of hydrogen-bond donors (Lipinski definition) is 1. The van der Waals surface area contributed by atoms with Crippen LogP contribution in [0.25, 0.3) is 11.8 Å². The highest BCUT2D eigenvalue weighted by molar-refractivity contribution is 6.46. The van der Waals surface area contributed by atoms with Gasteiger partial charge in [0.1, 0.15) is 17.0 Å². The van der Waals surface area contributed by atoms with Crippen LogP contribution in [0, 0.1) is 24.0 Å². The van der Waals surface area contributed by atoms with Gasteiger partial charge in [-0.05, 0) is 55.8 Å². The van der Waals surface area contributed by atoms with E-state index in [-0.39, 0.29) is 32.7 Å². The van der Waals surface area contributed by atoms with Gasteiger partial charge in [0, 0.05) is 11.4 Å². The third kappa shape index (κ3) is 4.21. The minimum absolute atomic E-state index is 0.0180. The van der Waals surface area contributed by atoms with Gasteiger partial charge < -0.3 is 9.30 Å². The van der Waals surface area contributed by atoms with Crippen LogP contribution in [-0.2, 0) is 9.59 Å². The van der Waals surface area contributed by atoms with Gasteiger partial charge in [0.15, 0.2) is 0 Å². The highest BCUT2D eigenvalue weighted by atomic mass is 35.5. The first-order chi connectivity index (χ1) is 17.0. The summed E-state index contributed by atoms with van der Waals surface area (Å²) in [4.78, 5) is 50.3. The first-order valence-electron chi connectivity index (χ1n) is 10.4. The van der Waals surface area contributed by atoms with Crippen LogP contribution >= 0.6 is 23.2 Å². The Hall–Kier alpha value is -4.15. The van der Waals surface area contributed by atoms with Crippen LogP contribution < -0.4 is 15.0 Å². The number of ether oxygens (including phenoxy) is 1. The maximum Gasteiger partial charge on any atom is 0.336 e. The molecule has 2 heterocycles. The maximum atomic E-state index is 13.3. The number of imide groups is 2. The van der Waals surface area contributed by atoms with Crippen molar-refractivity contribution in [1.29, 1.82) is 0 Å². The van der Waals surface area contributed by atoms with E-state index in [0.29, 0.717) is 22.7 Å². The summed E-state index contributed by atoms with van der Waals surface area (Å²) in [7, 11) is 1.41. The van der Waals surface area contributed by atoms with Gasteiger partial charge in [-0.2, -0.15) is 0 Å². The quantitative estimate of drug-likeness (QED) is 0.215. The summed E-state index contributed by atoms with van der Waals surface area (Å²) in [5, 5.41) is 14.0. The van der Waals surface area contributed by atoms with Crippen LogP contribution in [0.3, 0.4) is 0 Å². The molecular weight excluding hydrogens is 511 g/mol. The number of nitrogens with zero attached hydrogens (tertiary/aromatic N) is 3. The van der Waals surface area contributed by atoms with Crippen LogP contribution in [0.2, 0.25) is 10.0 Å². The van der Waals surface area contributed by atoms with E-state index < -0.39 is 22.8 Å². The van der Waals surface area contributed by atoms with Gasteiger partial charge in [0.05, 0.1) is 33.8 Å². The molecule has 1 aromatic heterocycles. The van der Waals surface area contributed by atoms with Gasteiger partial charge in [0.2, 0.25) is 0 Å². The van der Waals surface area contributed by atoms with E-state index in [4.69, 9.17) is 27.9 Å². The molecule has 1 aliphatic heterocycles. The van der Waals surface area contributed by atoms with Crippen LogP contribution in [0.5, 0.6) is 5.75 Å². The molecule has 0 unspecified atom stereocenters. The predicted octanol–water partition coefficient (Wildman–Crippen LogP) is 4.98.